The zero-order chi connectivity index (χ0) is 10.3. The van der Waals surface area contributed by atoms with Crippen molar-refractivity contribution in [3.05, 3.63) is 10.4 Å². The van der Waals surface area contributed by atoms with Crippen LogP contribution in [0, 0.1) is 0 Å². The highest BCUT2D eigenvalue weighted by atomic mass is 32.2. The van der Waals surface area contributed by atoms with Gasteiger partial charge in [0, 0.05) is 18.0 Å². The molecule has 0 aliphatic carbocycles. The highest BCUT2D eigenvalue weighted by Crippen LogP contribution is 2.00. The maximum atomic E-state index is 11.7. The normalized spacial score (nSPS) is 11.3. The fraction of sp³-hybridized carbons (Fsp3) is 1.00. The summed E-state index contributed by atoms with van der Waals surface area (Å²) in [5, 5.41) is 3.09. The van der Waals surface area contributed by atoms with Gasteiger partial charge in [0.1, 0.15) is 0 Å². The van der Waals surface area contributed by atoms with Crippen LogP contribution in [0.4, 0.5) is 8.78 Å². The van der Waals surface area contributed by atoms with Gasteiger partial charge in [-0.1, -0.05) is 5.11 Å². The summed E-state index contributed by atoms with van der Waals surface area (Å²) in [4.78, 5) is 2.40. The van der Waals surface area contributed by atoms with Crippen molar-refractivity contribution in [3.8, 4) is 0 Å². The summed E-state index contributed by atoms with van der Waals surface area (Å²) in [5.74, 6) is -3.42. The van der Waals surface area contributed by atoms with Crippen molar-refractivity contribution in [3.63, 3.8) is 0 Å². The molecule has 0 heterocycles. The molecular weight excluding hydrogens is 206 g/mol. The zero-order valence-electron chi connectivity index (χ0n) is 6.52. The van der Waals surface area contributed by atoms with Crippen LogP contribution in [0.5, 0.6) is 0 Å². The molecule has 13 heavy (non-hydrogen) atoms. The summed E-state index contributed by atoms with van der Waals surface area (Å²) < 4.78 is 45.8. The van der Waals surface area contributed by atoms with E-state index in [1.807, 2.05) is 0 Å². The van der Waals surface area contributed by atoms with Crippen LogP contribution in [0.15, 0.2) is 5.11 Å². The number of nitrogens with zero attached hydrogens (tertiary/aromatic N) is 3. The quantitative estimate of drug-likeness (QED) is 0.307. The summed E-state index contributed by atoms with van der Waals surface area (Å²) >= 11 is 0. The number of rotatable bonds is 6. The first-order valence-electron chi connectivity index (χ1n) is 3.28. The molecule has 0 unspecified atom stereocenters. The Kier molecular flexibility index (Phi) is 5.28. The molecule has 1 N–H and O–H groups in total. The van der Waals surface area contributed by atoms with Crippen molar-refractivity contribution in [1.29, 1.82) is 0 Å². The molecule has 0 fully saturated rings. The molecule has 0 aromatic heterocycles. The van der Waals surface area contributed by atoms with Gasteiger partial charge in [-0.25, -0.2) is 13.1 Å². The number of sulfonamides is 1. The first-order chi connectivity index (χ1) is 6.00. The predicted octanol–water partition coefficient (Wildman–Crippen LogP) is 0.829. The molecule has 0 aliphatic rings. The maximum absolute atomic E-state index is 11.7. The van der Waals surface area contributed by atoms with Gasteiger partial charge in [0.2, 0.25) is 0 Å². The molecule has 0 aromatic carbocycles. The van der Waals surface area contributed by atoms with Gasteiger partial charge in [-0.2, -0.15) is 8.78 Å². The molecule has 0 amide bonds. The number of halogens is 2. The summed E-state index contributed by atoms with van der Waals surface area (Å²) in [5.41, 5.74) is 7.81. The monoisotopic (exact) mass is 214 g/mol. The third-order valence-corrected chi connectivity index (χ3v) is 2.11. The van der Waals surface area contributed by atoms with E-state index >= 15 is 0 Å². The van der Waals surface area contributed by atoms with Crippen molar-refractivity contribution in [1.82, 2.24) is 4.72 Å². The lowest BCUT2D eigenvalue weighted by atomic mass is 10.4. The Hall–Kier alpha value is -0.920. The average molecular weight is 214 g/mol. The van der Waals surface area contributed by atoms with Crippen LogP contribution in [0.25, 0.3) is 10.4 Å². The van der Waals surface area contributed by atoms with Crippen LogP contribution in [-0.2, 0) is 10.0 Å². The topological polar surface area (TPSA) is 94.9 Å². The van der Waals surface area contributed by atoms with Gasteiger partial charge in [-0.15, -0.1) is 0 Å². The minimum Gasteiger partial charge on any atom is -0.210 e. The third-order valence-electron chi connectivity index (χ3n) is 1.04. The molecule has 0 saturated heterocycles. The third kappa shape index (κ3) is 5.34. The van der Waals surface area contributed by atoms with E-state index in [-0.39, 0.29) is 19.5 Å². The Morgan fingerprint density at radius 1 is 1.54 bits per heavy atom. The van der Waals surface area contributed by atoms with Gasteiger partial charge in [-0.05, 0) is 12.0 Å². The lowest BCUT2D eigenvalue weighted by Gasteiger charge is -2.02. The standard InChI is InChI=1S/C4H8F2N4O2S/c5-4(6)13(11,12)9-3-1-2-8-10-7/h4,9H,1-3H2. The minimum absolute atomic E-state index is 0.0717. The lowest BCUT2D eigenvalue weighted by molar-refractivity contribution is 0.232. The number of azide groups is 1. The zero-order valence-corrected chi connectivity index (χ0v) is 7.34. The molecule has 0 aliphatic heterocycles. The first kappa shape index (κ1) is 12.1. The minimum atomic E-state index is -4.50. The van der Waals surface area contributed by atoms with Crippen LogP contribution in [0.2, 0.25) is 0 Å². The molecule has 0 rings (SSSR count). The smallest absolute Gasteiger partial charge is 0.210 e. The highest BCUT2D eigenvalue weighted by Gasteiger charge is 2.22. The molecular formula is C4H8F2N4O2S. The predicted molar refractivity (Wildman–Crippen MR) is 41.6 cm³/mol. The molecule has 0 spiro atoms. The summed E-state index contributed by atoms with van der Waals surface area (Å²) in [6.45, 7) is -0.0893. The Morgan fingerprint density at radius 3 is 2.62 bits per heavy atom. The van der Waals surface area contributed by atoms with Gasteiger partial charge in [0.25, 0.3) is 10.0 Å². The second-order valence-electron chi connectivity index (χ2n) is 2.01. The van der Waals surface area contributed by atoms with E-state index in [0.717, 1.165) is 0 Å². The van der Waals surface area contributed by atoms with Crippen molar-refractivity contribution >= 4 is 10.0 Å². The van der Waals surface area contributed by atoms with Crippen molar-refractivity contribution < 1.29 is 17.2 Å². The van der Waals surface area contributed by atoms with Crippen molar-refractivity contribution in [2.45, 2.75) is 12.2 Å². The van der Waals surface area contributed by atoms with Gasteiger partial charge in [0.15, 0.2) is 0 Å². The second kappa shape index (κ2) is 5.68. The molecule has 0 bridgehead atoms. The molecule has 6 nitrogen and oxygen atoms in total. The van der Waals surface area contributed by atoms with Gasteiger partial charge in [0.05, 0.1) is 0 Å². The van der Waals surface area contributed by atoms with E-state index in [1.165, 1.54) is 0 Å². The highest BCUT2D eigenvalue weighted by molar-refractivity contribution is 7.89. The number of hydrogen-bond donors (Lipinski definition) is 1. The molecule has 76 valence electrons. The number of hydrogen-bond acceptors (Lipinski definition) is 3. The SMILES string of the molecule is [N-]=[N+]=NCCCNS(=O)(=O)C(F)F. The van der Waals surface area contributed by atoms with Crippen LogP contribution in [-0.4, -0.2) is 27.3 Å². The van der Waals surface area contributed by atoms with Gasteiger partial charge >= 0.3 is 5.76 Å². The van der Waals surface area contributed by atoms with E-state index in [1.54, 1.807) is 4.72 Å². The summed E-state index contributed by atoms with van der Waals surface area (Å²) in [7, 11) is -4.50. The van der Waals surface area contributed by atoms with Gasteiger partial charge in [-0.3, -0.25) is 0 Å². The summed E-state index contributed by atoms with van der Waals surface area (Å²) in [6, 6.07) is 0. The number of nitrogens with one attached hydrogen (secondary N) is 1. The average Bonchev–Trinajstić information content (AvgIpc) is 2.03. The Morgan fingerprint density at radius 2 is 2.15 bits per heavy atom. The largest absolute Gasteiger partial charge is 0.350 e. The van der Waals surface area contributed by atoms with Crippen molar-refractivity contribution in [2.24, 2.45) is 5.11 Å². The lowest BCUT2D eigenvalue weighted by Crippen LogP contribution is -2.30. The fourth-order valence-corrected chi connectivity index (χ4v) is 1.03. The molecule has 0 saturated carbocycles. The Labute approximate surface area is 73.6 Å². The van der Waals surface area contributed by atoms with Crippen LogP contribution < -0.4 is 4.72 Å². The van der Waals surface area contributed by atoms with E-state index in [9.17, 15) is 17.2 Å². The Balaban J connectivity index is 3.71. The number of alkyl halides is 2. The van der Waals surface area contributed by atoms with Gasteiger partial charge < -0.3 is 0 Å². The van der Waals surface area contributed by atoms with E-state index in [0.29, 0.717) is 0 Å². The molecule has 0 atom stereocenters. The molecule has 0 radical (unpaired) electrons. The van der Waals surface area contributed by atoms with E-state index in [2.05, 4.69) is 10.0 Å². The van der Waals surface area contributed by atoms with Crippen LogP contribution in [0.3, 0.4) is 0 Å². The van der Waals surface area contributed by atoms with E-state index < -0.39 is 15.8 Å². The second-order valence-corrected chi connectivity index (χ2v) is 3.74. The maximum Gasteiger partial charge on any atom is 0.350 e. The van der Waals surface area contributed by atoms with Crippen molar-refractivity contribution in [2.75, 3.05) is 13.1 Å². The van der Waals surface area contributed by atoms with E-state index in [4.69, 9.17) is 5.53 Å². The molecule has 0 aromatic rings. The van der Waals surface area contributed by atoms with Crippen LogP contribution >= 0.6 is 0 Å². The fourth-order valence-electron chi connectivity index (χ4n) is 0.472. The molecule has 9 heteroatoms. The first-order valence-corrected chi connectivity index (χ1v) is 4.83. The summed E-state index contributed by atoms with van der Waals surface area (Å²) in [6.07, 6.45) is 0.190. The van der Waals surface area contributed by atoms with Crippen LogP contribution in [0.1, 0.15) is 6.42 Å². The Bertz CT molecular complexity index is 285.